The molecule has 5 nitrogen and oxygen atoms in total. The number of rotatable bonds is 3. The second-order valence-corrected chi connectivity index (χ2v) is 8.03. The molecule has 0 radical (unpaired) electrons. The normalized spacial score (nSPS) is 21.3. The van der Waals surface area contributed by atoms with E-state index in [1.807, 2.05) is 48.5 Å². The van der Waals surface area contributed by atoms with E-state index in [1.54, 1.807) is 7.11 Å². The van der Waals surface area contributed by atoms with Crippen LogP contribution in [-0.4, -0.2) is 12.9 Å². The summed E-state index contributed by atoms with van der Waals surface area (Å²) in [5, 5.41) is 9.69. The molecule has 0 saturated carbocycles. The fourth-order valence-corrected chi connectivity index (χ4v) is 4.46. The maximum Gasteiger partial charge on any atom is 0.205 e. The van der Waals surface area contributed by atoms with Crippen molar-refractivity contribution in [3.63, 3.8) is 0 Å². The van der Waals surface area contributed by atoms with Gasteiger partial charge in [-0.05, 0) is 41.3 Å². The van der Waals surface area contributed by atoms with Gasteiger partial charge in [0.1, 0.15) is 23.2 Å². The summed E-state index contributed by atoms with van der Waals surface area (Å²) in [6, 6.07) is 17.5. The minimum atomic E-state index is -0.509. The van der Waals surface area contributed by atoms with E-state index in [-0.39, 0.29) is 23.2 Å². The zero-order valence-electron chi connectivity index (χ0n) is 15.8. The van der Waals surface area contributed by atoms with Crippen molar-refractivity contribution in [1.82, 2.24) is 0 Å². The van der Waals surface area contributed by atoms with Gasteiger partial charge in [-0.25, -0.2) is 0 Å². The topological polar surface area (TPSA) is 85.3 Å². The highest BCUT2D eigenvalue weighted by molar-refractivity contribution is 9.10. The first kappa shape index (κ1) is 19.3. The van der Waals surface area contributed by atoms with Gasteiger partial charge < -0.3 is 15.2 Å². The number of hydrogen-bond acceptors (Lipinski definition) is 5. The monoisotopic (exact) mass is 450 g/mol. The van der Waals surface area contributed by atoms with Crippen molar-refractivity contribution in [3.05, 3.63) is 86.9 Å². The van der Waals surface area contributed by atoms with Crippen LogP contribution in [0.2, 0.25) is 0 Å². The first-order valence-electron chi connectivity index (χ1n) is 9.25. The maximum absolute atomic E-state index is 13.2. The van der Waals surface area contributed by atoms with Crippen LogP contribution in [-0.2, 0) is 9.53 Å². The second kappa shape index (κ2) is 7.76. The van der Waals surface area contributed by atoms with Crippen molar-refractivity contribution in [2.75, 3.05) is 7.11 Å². The molecule has 0 saturated heterocycles. The average Bonchev–Trinajstić information content (AvgIpc) is 2.72. The molecular formula is C23H19BrN2O3. The molecule has 2 aliphatic rings. The molecule has 2 N–H and O–H groups in total. The van der Waals surface area contributed by atoms with Crippen molar-refractivity contribution in [2.45, 2.75) is 24.7 Å². The second-order valence-electron chi connectivity index (χ2n) is 7.12. The number of nitrogens with zero attached hydrogens (tertiary/aromatic N) is 1. The number of benzene rings is 2. The third kappa shape index (κ3) is 3.54. The summed E-state index contributed by atoms with van der Waals surface area (Å²) in [6.07, 6.45) is 0.912. The van der Waals surface area contributed by atoms with Crippen LogP contribution in [0.3, 0.4) is 0 Å². The number of Topliss-reactive ketones (excluding diaryl/α,β-unsaturated/α-hetero) is 1. The number of ketones is 1. The fourth-order valence-electron chi connectivity index (χ4n) is 4.04. The quantitative estimate of drug-likeness (QED) is 0.734. The number of methoxy groups -OCH3 is 1. The molecule has 0 fully saturated rings. The Kier molecular flexibility index (Phi) is 5.16. The van der Waals surface area contributed by atoms with Crippen molar-refractivity contribution in [1.29, 1.82) is 5.26 Å². The number of nitrogens with two attached hydrogens (primary N) is 1. The molecule has 2 aromatic rings. The lowest BCUT2D eigenvalue weighted by Gasteiger charge is -2.34. The van der Waals surface area contributed by atoms with Crippen LogP contribution in [0.15, 0.2) is 75.8 Å². The van der Waals surface area contributed by atoms with E-state index in [4.69, 9.17) is 15.2 Å². The Balaban J connectivity index is 1.75. The zero-order valence-corrected chi connectivity index (χ0v) is 17.4. The highest BCUT2D eigenvalue weighted by Gasteiger charge is 2.40. The molecule has 29 heavy (non-hydrogen) atoms. The number of carbonyl (C=O) groups excluding carboxylic acids is 1. The van der Waals surface area contributed by atoms with Crippen LogP contribution in [0.1, 0.15) is 35.8 Å². The lowest BCUT2D eigenvalue weighted by Crippen LogP contribution is -2.29. The van der Waals surface area contributed by atoms with Crippen molar-refractivity contribution < 1.29 is 14.3 Å². The summed E-state index contributed by atoms with van der Waals surface area (Å²) in [5.41, 5.74) is 8.79. The number of hydrogen-bond donors (Lipinski definition) is 1. The van der Waals surface area contributed by atoms with Gasteiger partial charge in [-0.2, -0.15) is 5.26 Å². The maximum atomic E-state index is 13.2. The van der Waals surface area contributed by atoms with Gasteiger partial charge in [0.25, 0.3) is 0 Å². The van der Waals surface area contributed by atoms with Crippen LogP contribution in [0, 0.1) is 11.3 Å². The summed E-state index contributed by atoms with van der Waals surface area (Å²) >= 11 is 3.47. The van der Waals surface area contributed by atoms with Gasteiger partial charge >= 0.3 is 0 Å². The molecule has 2 atom stereocenters. The Bertz CT molecular complexity index is 1080. The van der Waals surface area contributed by atoms with E-state index in [0.717, 1.165) is 21.3 Å². The molecule has 0 aromatic heterocycles. The van der Waals surface area contributed by atoms with E-state index in [9.17, 15) is 10.1 Å². The zero-order chi connectivity index (χ0) is 20.5. The molecule has 2 aromatic carbocycles. The van der Waals surface area contributed by atoms with Gasteiger partial charge in [0.15, 0.2) is 5.78 Å². The van der Waals surface area contributed by atoms with Gasteiger partial charge in [-0.15, -0.1) is 0 Å². The number of ether oxygens (including phenoxy) is 2. The molecule has 6 heteroatoms. The summed E-state index contributed by atoms with van der Waals surface area (Å²) in [4.78, 5) is 13.2. The molecule has 146 valence electrons. The molecule has 0 unspecified atom stereocenters. The van der Waals surface area contributed by atoms with E-state index in [0.29, 0.717) is 24.2 Å². The average molecular weight is 451 g/mol. The predicted octanol–water partition coefficient (Wildman–Crippen LogP) is 4.67. The van der Waals surface area contributed by atoms with Gasteiger partial charge in [-0.1, -0.05) is 40.2 Å². The van der Waals surface area contributed by atoms with E-state index in [1.165, 1.54) is 0 Å². The Labute approximate surface area is 177 Å². The van der Waals surface area contributed by atoms with Crippen molar-refractivity contribution in [3.8, 4) is 11.8 Å². The lowest BCUT2D eigenvalue weighted by molar-refractivity contribution is -0.117. The lowest BCUT2D eigenvalue weighted by atomic mass is 9.73. The highest BCUT2D eigenvalue weighted by atomic mass is 79.9. The summed E-state index contributed by atoms with van der Waals surface area (Å²) in [7, 11) is 1.62. The minimum absolute atomic E-state index is 0.00764. The Morgan fingerprint density at radius 3 is 2.59 bits per heavy atom. The van der Waals surface area contributed by atoms with Crippen molar-refractivity contribution >= 4 is 21.7 Å². The Morgan fingerprint density at radius 2 is 1.93 bits per heavy atom. The molecule has 0 amide bonds. The van der Waals surface area contributed by atoms with Crippen molar-refractivity contribution in [2.24, 2.45) is 5.73 Å². The van der Waals surface area contributed by atoms with Gasteiger partial charge in [0, 0.05) is 22.9 Å². The molecule has 0 bridgehead atoms. The largest absolute Gasteiger partial charge is 0.497 e. The van der Waals surface area contributed by atoms with Crippen LogP contribution >= 0.6 is 15.9 Å². The first-order valence-corrected chi connectivity index (χ1v) is 10.0. The van der Waals surface area contributed by atoms with E-state index >= 15 is 0 Å². The Morgan fingerprint density at radius 1 is 1.17 bits per heavy atom. The third-order valence-corrected chi connectivity index (χ3v) is 5.92. The van der Waals surface area contributed by atoms with Crippen LogP contribution in [0.25, 0.3) is 0 Å². The summed E-state index contributed by atoms with van der Waals surface area (Å²) in [5.74, 6) is 0.864. The predicted molar refractivity (Wildman–Crippen MR) is 112 cm³/mol. The number of allylic oxidation sites excluding steroid dienone is 3. The van der Waals surface area contributed by atoms with E-state index in [2.05, 4.69) is 22.0 Å². The first-order chi connectivity index (χ1) is 14.0. The minimum Gasteiger partial charge on any atom is -0.497 e. The number of halogens is 1. The van der Waals surface area contributed by atoms with Gasteiger partial charge in [-0.3, -0.25) is 4.79 Å². The van der Waals surface area contributed by atoms with Crippen LogP contribution in [0.5, 0.6) is 5.75 Å². The highest BCUT2D eigenvalue weighted by Crippen LogP contribution is 2.47. The summed E-state index contributed by atoms with van der Waals surface area (Å²) in [6.45, 7) is 0. The summed E-state index contributed by atoms with van der Waals surface area (Å²) < 4.78 is 11.9. The van der Waals surface area contributed by atoms with Gasteiger partial charge in [0.05, 0.1) is 13.0 Å². The standard InChI is InChI=1S/C23H19BrN2O3/c1-28-17-7-5-13(6-8-17)15-10-19(27)22-20(11-15)29-23(26)18(12-25)21(22)14-3-2-4-16(24)9-14/h2-9,15,21H,10-11,26H2,1H3/t15-,21+/m1/s1. The Hall–Kier alpha value is -3.04. The molecular weight excluding hydrogens is 432 g/mol. The molecule has 1 aliphatic heterocycles. The molecule has 4 rings (SSSR count). The number of carbonyl (C=O) groups is 1. The van der Waals surface area contributed by atoms with Crippen LogP contribution in [0.4, 0.5) is 0 Å². The van der Waals surface area contributed by atoms with Gasteiger partial charge in [0.2, 0.25) is 5.88 Å². The molecule has 1 aliphatic carbocycles. The molecule has 0 spiro atoms. The smallest absolute Gasteiger partial charge is 0.205 e. The molecule has 1 heterocycles. The third-order valence-electron chi connectivity index (χ3n) is 5.43. The fraction of sp³-hybridized carbons (Fsp3) is 0.217. The SMILES string of the molecule is COc1ccc([C@@H]2CC(=O)C3=C(C2)OC(N)=C(C#N)[C@@H]3c2cccc(Br)c2)cc1. The number of nitriles is 1. The van der Waals surface area contributed by atoms with Crippen LogP contribution < -0.4 is 10.5 Å². The van der Waals surface area contributed by atoms with E-state index < -0.39 is 5.92 Å².